The third kappa shape index (κ3) is 3.62. The smallest absolute Gasteiger partial charge is 0.241 e. The summed E-state index contributed by atoms with van der Waals surface area (Å²) in [6, 6.07) is 1.49. The predicted molar refractivity (Wildman–Crippen MR) is 69.3 cm³/mol. The van der Waals surface area contributed by atoms with E-state index in [9.17, 15) is 4.79 Å². The second-order valence-electron chi connectivity index (χ2n) is 3.44. The molecule has 0 bridgehead atoms. The first-order chi connectivity index (χ1) is 7.95. The van der Waals surface area contributed by atoms with Crippen molar-refractivity contribution in [3.05, 3.63) is 16.1 Å². The summed E-state index contributed by atoms with van der Waals surface area (Å²) in [5, 5.41) is 3.43. The molecule has 1 heterocycles. The van der Waals surface area contributed by atoms with Crippen LogP contribution in [0.5, 0.6) is 0 Å². The SMILES string of the molecule is CN(C)C(=O)CNc1nc(NN)c(Cl)cc1Cl. The molecule has 0 aliphatic rings. The van der Waals surface area contributed by atoms with Crippen molar-refractivity contribution in [1.82, 2.24) is 9.88 Å². The lowest BCUT2D eigenvalue weighted by atomic mass is 10.4. The number of nitrogens with zero attached hydrogens (tertiary/aromatic N) is 2. The summed E-state index contributed by atoms with van der Waals surface area (Å²) in [5.41, 5.74) is 2.34. The number of pyridine rings is 1. The van der Waals surface area contributed by atoms with Crippen LogP contribution in [0.4, 0.5) is 11.6 Å². The van der Waals surface area contributed by atoms with Gasteiger partial charge in [0.25, 0.3) is 0 Å². The number of hydrogen-bond acceptors (Lipinski definition) is 5. The Morgan fingerprint density at radius 2 is 2.00 bits per heavy atom. The topological polar surface area (TPSA) is 83.3 Å². The molecule has 6 nitrogen and oxygen atoms in total. The van der Waals surface area contributed by atoms with Crippen molar-refractivity contribution >= 4 is 40.7 Å². The van der Waals surface area contributed by atoms with Crippen LogP contribution >= 0.6 is 23.2 Å². The zero-order valence-electron chi connectivity index (χ0n) is 9.42. The first kappa shape index (κ1) is 13.8. The van der Waals surface area contributed by atoms with Gasteiger partial charge in [0.1, 0.15) is 5.82 Å². The summed E-state index contributed by atoms with van der Waals surface area (Å²) in [5.74, 6) is 5.77. The van der Waals surface area contributed by atoms with E-state index in [4.69, 9.17) is 29.0 Å². The van der Waals surface area contributed by atoms with Crippen molar-refractivity contribution in [1.29, 1.82) is 0 Å². The average molecular weight is 278 g/mol. The molecule has 0 saturated heterocycles. The second-order valence-corrected chi connectivity index (χ2v) is 4.25. The minimum Gasteiger partial charge on any atom is -0.360 e. The Labute approximate surface area is 109 Å². The molecule has 0 aromatic carbocycles. The molecule has 1 aromatic rings. The fourth-order valence-corrected chi connectivity index (χ4v) is 1.49. The highest BCUT2D eigenvalue weighted by Gasteiger charge is 2.10. The summed E-state index contributed by atoms with van der Waals surface area (Å²) >= 11 is 11.7. The van der Waals surface area contributed by atoms with Crippen LogP contribution in [0.3, 0.4) is 0 Å². The third-order valence-corrected chi connectivity index (χ3v) is 2.55. The Balaban J connectivity index is 2.81. The Hall–Kier alpha value is -1.24. The number of aromatic nitrogens is 1. The van der Waals surface area contributed by atoms with Crippen molar-refractivity contribution in [3.63, 3.8) is 0 Å². The van der Waals surface area contributed by atoms with Gasteiger partial charge < -0.3 is 15.6 Å². The van der Waals surface area contributed by atoms with Gasteiger partial charge in [0.15, 0.2) is 5.82 Å². The molecule has 4 N–H and O–H groups in total. The minimum atomic E-state index is -0.0972. The van der Waals surface area contributed by atoms with E-state index < -0.39 is 0 Å². The number of nitrogens with one attached hydrogen (secondary N) is 2. The maximum atomic E-state index is 11.4. The first-order valence-corrected chi connectivity index (χ1v) is 5.48. The number of likely N-dealkylation sites (N-methyl/N-ethyl adjacent to an activating group) is 1. The summed E-state index contributed by atoms with van der Waals surface area (Å²) in [6.07, 6.45) is 0. The van der Waals surface area contributed by atoms with Crippen molar-refractivity contribution in [3.8, 4) is 0 Å². The molecule has 0 atom stereocenters. The molecule has 8 heteroatoms. The van der Waals surface area contributed by atoms with E-state index in [2.05, 4.69) is 15.7 Å². The average Bonchev–Trinajstić information content (AvgIpc) is 2.27. The molecule has 17 heavy (non-hydrogen) atoms. The Kier molecular flexibility index (Phi) is 4.80. The highest BCUT2D eigenvalue weighted by molar-refractivity contribution is 6.37. The van der Waals surface area contributed by atoms with E-state index in [0.29, 0.717) is 15.9 Å². The largest absolute Gasteiger partial charge is 0.360 e. The minimum absolute atomic E-state index is 0.0887. The molecule has 0 fully saturated rings. The van der Waals surface area contributed by atoms with Gasteiger partial charge in [-0.25, -0.2) is 10.8 Å². The molecule has 0 spiro atoms. The highest BCUT2D eigenvalue weighted by atomic mass is 35.5. The van der Waals surface area contributed by atoms with Crippen molar-refractivity contribution in [2.45, 2.75) is 0 Å². The molecule has 0 aliphatic heterocycles. The number of amides is 1. The van der Waals surface area contributed by atoms with E-state index in [1.807, 2.05) is 0 Å². The standard InChI is InChI=1S/C9H13Cl2N5O/c1-16(2)7(17)4-13-8-5(10)3-6(11)9(14-8)15-12/h3H,4,12H2,1-2H3,(H2,13,14,15). The van der Waals surface area contributed by atoms with Gasteiger partial charge in [-0.1, -0.05) is 23.2 Å². The van der Waals surface area contributed by atoms with Crippen LogP contribution < -0.4 is 16.6 Å². The normalized spacial score (nSPS) is 9.94. The van der Waals surface area contributed by atoms with Crippen LogP contribution in [0.25, 0.3) is 0 Å². The Morgan fingerprint density at radius 3 is 2.53 bits per heavy atom. The summed E-state index contributed by atoms with van der Waals surface area (Å²) in [7, 11) is 3.32. The summed E-state index contributed by atoms with van der Waals surface area (Å²) < 4.78 is 0. The molecule has 0 radical (unpaired) electrons. The van der Waals surface area contributed by atoms with Gasteiger partial charge in [-0.3, -0.25) is 4.79 Å². The lowest BCUT2D eigenvalue weighted by Crippen LogP contribution is -2.29. The van der Waals surface area contributed by atoms with E-state index in [1.54, 1.807) is 14.1 Å². The lowest BCUT2D eigenvalue weighted by molar-refractivity contribution is -0.126. The lowest BCUT2D eigenvalue weighted by Gasteiger charge is -2.13. The van der Waals surface area contributed by atoms with Gasteiger partial charge in [-0.15, -0.1) is 0 Å². The second kappa shape index (κ2) is 5.90. The summed E-state index contributed by atoms with van der Waals surface area (Å²) in [6.45, 7) is 0.0887. The van der Waals surface area contributed by atoms with Gasteiger partial charge in [-0.2, -0.15) is 0 Å². The maximum Gasteiger partial charge on any atom is 0.241 e. The highest BCUT2D eigenvalue weighted by Crippen LogP contribution is 2.28. The molecular weight excluding hydrogens is 265 g/mol. The number of hydrogen-bond donors (Lipinski definition) is 3. The van der Waals surface area contributed by atoms with Gasteiger partial charge in [0.05, 0.1) is 16.6 Å². The number of rotatable bonds is 4. The molecule has 1 amide bonds. The van der Waals surface area contributed by atoms with Gasteiger partial charge in [-0.05, 0) is 6.07 Å². The Morgan fingerprint density at radius 1 is 1.41 bits per heavy atom. The molecule has 94 valence electrons. The van der Waals surface area contributed by atoms with Gasteiger partial charge in [0, 0.05) is 14.1 Å². The van der Waals surface area contributed by atoms with Gasteiger partial charge in [0.2, 0.25) is 5.91 Å². The molecule has 1 rings (SSSR count). The van der Waals surface area contributed by atoms with Crippen molar-refractivity contribution in [2.75, 3.05) is 31.4 Å². The zero-order valence-corrected chi connectivity index (χ0v) is 10.9. The van der Waals surface area contributed by atoms with Crippen molar-refractivity contribution in [2.24, 2.45) is 5.84 Å². The predicted octanol–water partition coefficient (Wildman–Crippen LogP) is 1.17. The number of nitrogens with two attached hydrogens (primary N) is 1. The monoisotopic (exact) mass is 277 g/mol. The molecule has 0 saturated carbocycles. The molecular formula is C9H13Cl2N5O. The van der Waals surface area contributed by atoms with Crippen LogP contribution in [0.1, 0.15) is 0 Å². The number of anilines is 2. The number of halogens is 2. The number of carbonyl (C=O) groups excluding carboxylic acids is 1. The van der Waals surface area contributed by atoms with Crippen LogP contribution in [-0.2, 0) is 4.79 Å². The number of carbonyl (C=O) groups is 1. The quantitative estimate of drug-likeness (QED) is 0.569. The van der Waals surface area contributed by atoms with E-state index in [1.165, 1.54) is 11.0 Å². The van der Waals surface area contributed by atoms with Crippen LogP contribution in [0.2, 0.25) is 10.0 Å². The van der Waals surface area contributed by atoms with Gasteiger partial charge >= 0.3 is 0 Å². The van der Waals surface area contributed by atoms with Crippen LogP contribution in [-0.4, -0.2) is 36.4 Å². The Bertz CT molecular complexity index is 424. The third-order valence-electron chi connectivity index (χ3n) is 1.97. The fourth-order valence-electron chi connectivity index (χ4n) is 1.01. The molecule has 0 unspecified atom stereocenters. The zero-order chi connectivity index (χ0) is 13.0. The summed E-state index contributed by atoms with van der Waals surface area (Å²) in [4.78, 5) is 16.9. The first-order valence-electron chi connectivity index (χ1n) is 4.72. The van der Waals surface area contributed by atoms with Crippen LogP contribution in [0, 0.1) is 0 Å². The van der Waals surface area contributed by atoms with Crippen LogP contribution in [0.15, 0.2) is 6.07 Å². The van der Waals surface area contributed by atoms with E-state index >= 15 is 0 Å². The van der Waals surface area contributed by atoms with Crippen molar-refractivity contribution < 1.29 is 4.79 Å². The number of hydrazine groups is 1. The van der Waals surface area contributed by atoms with E-state index in [-0.39, 0.29) is 18.3 Å². The maximum absolute atomic E-state index is 11.4. The molecule has 1 aromatic heterocycles. The molecule has 0 aliphatic carbocycles. The van der Waals surface area contributed by atoms with E-state index in [0.717, 1.165) is 0 Å². The number of nitrogen functional groups attached to an aromatic ring is 1. The fraction of sp³-hybridized carbons (Fsp3) is 0.333.